The molecule has 1 saturated carbocycles. The summed E-state index contributed by atoms with van der Waals surface area (Å²) in [5.41, 5.74) is 0. The molecule has 0 atom stereocenters. The molecule has 1 fully saturated rings. The van der Waals surface area contributed by atoms with Crippen molar-refractivity contribution in [2.75, 3.05) is 17.3 Å². The Balaban J connectivity index is 2.15. The molecule has 0 unspecified atom stereocenters. The van der Waals surface area contributed by atoms with Crippen LogP contribution in [0, 0.1) is 0 Å². The Bertz CT molecular complexity index is 378. The van der Waals surface area contributed by atoms with Gasteiger partial charge in [-0.3, -0.25) is 0 Å². The maximum Gasteiger partial charge on any atom is 0.452 e. The Kier molecular flexibility index (Phi) is 3.77. The highest BCUT2D eigenvalue weighted by Crippen LogP contribution is 2.34. The van der Waals surface area contributed by atoms with E-state index in [0.717, 1.165) is 30.8 Å². The lowest BCUT2D eigenvalue weighted by Crippen LogP contribution is -2.41. The van der Waals surface area contributed by atoms with E-state index in [1.54, 1.807) is 0 Å². The molecule has 1 heterocycles. The first kappa shape index (κ1) is 12.9. The van der Waals surface area contributed by atoms with Crippen LogP contribution < -0.4 is 4.90 Å². The second kappa shape index (κ2) is 4.97. The molecule has 8 heteroatoms. The normalized spacial score (nSPS) is 16.9. The number of hydrogen-bond acceptors (Lipinski definition) is 4. The molecule has 0 bridgehead atoms. The molecule has 0 radical (unpaired) electrons. The number of hydrogen-bond donors (Lipinski definition) is 0. The molecule has 0 spiro atoms. The van der Waals surface area contributed by atoms with Crippen molar-refractivity contribution < 1.29 is 13.2 Å². The van der Waals surface area contributed by atoms with Crippen LogP contribution >= 0.6 is 23.1 Å². The first-order valence-corrected chi connectivity index (χ1v) is 6.56. The zero-order chi connectivity index (χ0) is 12.5. The average Bonchev–Trinajstić information content (AvgIpc) is 2.61. The van der Waals surface area contributed by atoms with Crippen molar-refractivity contribution in [3.8, 4) is 0 Å². The Morgan fingerprint density at radius 2 is 2.12 bits per heavy atom. The molecule has 2 rings (SSSR count). The SMILES string of the molecule is FC(F)(F)c1nsc(N(CCCl)C2CCC2)n1. The van der Waals surface area contributed by atoms with Crippen molar-refractivity contribution in [2.45, 2.75) is 31.5 Å². The van der Waals surface area contributed by atoms with Crippen LogP contribution in [0.1, 0.15) is 25.1 Å². The lowest BCUT2D eigenvalue weighted by molar-refractivity contribution is -0.144. The van der Waals surface area contributed by atoms with E-state index >= 15 is 0 Å². The van der Waals surface area contributed by atoms with E-state index in [0.29, 0.717) is 17.6 Å². The van der Waals surface area contributed by atoms with E-state index in [-0.39, 0.29) is 6.04 Å². The van der Waals surface area contributed by atoms with Crippen molar-refractivity contribution >= 4 is 28.3 Å². The third-order valence-corrected chi connectivity index (χ3v) is 3.68. The number of anilines is 1. The zero-order valence-electron chi connectivity index (χ0n) is 8.87. The fraction of sp³-hybridized carbons (Fsp3) is 0.778. The third kappa shape index (κ3) is 2.82. The van der Waals surface area contributed by atoms with E-state index in [1.165, 1.54) is 0 Å². The average molecular weight is 286 g/mol. The predicted octanol–water partition coefficient (Wildman–Crippen LogP) is 3.15. The fourth-order valence-electron chi connectivity index (χ4n) is 1.67. The van der Waals surface area contributed by atoms with Crippen LogP contribution in [0.5, 0.6) is 0 Å². The van der Waals surface area contributed by atoms with Crippen LogP contribution in [0.2, 0.25) is 0 Å². The largest absolute Gasteiger partial charge is 0.452 e. The van der Waals surface area contributed by atoms with Gasteiger partial charge in [-0.2, -0.15) is 22.5 Å². The monoisotopic (exact) mass is 285 g/mol. The van der Waals surface area contributed by atoms with Crippen LogP contribution in [0.25, 0.3) is 0 Å². The molecule has 0 aliphatic heterocycles. The van der Waals surface area contributed by atoms with E-state index in [1.807, 2.05) is 4.90 Å². The molecule has 0 N–H and O–H groups in total. The highest BCUT2D eigenvalue weighted by molar-refractivity contribution is 7.09. The van der Waals surface area contributed by atoms with Gasteiger partial charge < -0.3 is 4.90 Å². The minimum atomic E-state index is -4.47. The molecule has 0 amide bonds. The molecule has 1 aromatic rings. The number of aromatic nitrogens is 2. The van der Waals surface area contributed by atoms with E-state index in [9.17, 15) is 13.2 Å². The lowest BCUT2D eigenvalue weighted by atomic mass is 9.92. The Hall–Kier alpha value is -0.560. The summed E-state index contributed by atoms with van der Waals surface area (Å²) in [4.78, 5) is 5.39. The summed E-state index contributed by atoms with van der Waals surface area (Å²) in [6.07, 6.45) is -1.40. The summed E-state index contributed by atoms with van der Waals surface area (Å²) in [5, 5.41) is 0.322. The van der Waals surface area contributed by atoms with Crippen molar-refractivity contribution in [1.82, 2.24) is 9.36 Å². The first-order valence-electron chi connectivity index (χ1n) is 5.26. The molecular formula is C9H11ClF3N3S. The lowest BCUT2D eigenvalue weighted by Gasteiger charge is -2.36. The zero-order valence-corrected chi connectivity index (χ0v) is 10.4. The van der Waals surface area contributed by atoms with Gasteiger partial charge in [-0.15, -0.1) is 11.6 Å². The highest BCUT2D eigenvalue weighted by Gasteiger charge is 2.37. The van der Waals surface area contributed by atoms with Gasteiger partial charge in [0.1, 0.15) is 0 Å². The molecule has 96 valence electrons. The summed E-state index contributed by atoms with van der Waals surface area (Å²) in [5.74, 6) is -0.686. The van der Waals surface area contributed by atoms with Crippen molar-refractivity contribution in [3.63, 3.8) is 0 Å². The molecule has 17 heavy (non-hydrogen) atoms. The second-order valence-electron chi connectivity index (χ2n) is 3.87. The summed E-state index contributed by atoms with van der Waals surface area (Å²) in [7, 11) is 0. The van der Waals surface area contributed by atoms with Gasteiger partial charge in [-0.1, -0.05) is 0 Å². The van der Waals surface area contributed by atoms with Gasteiger partial charge in [0.15, 0.2) is 0 Å². The molecule has 0 saturated heterocycles. The topological polar surface area (TPSA) is 29.0 Å². The van der Waals surface area contributed by atoms with Crippen LogP contribution in [-0.2, 0) is 6.18 Å². The van der Waals surface area contributed by atoms with Crippen molar-refractivity contribution in [1.29, 1.82) is 0 Å². The van der Waals surface area contributed by atoms with Gasteiger partial charge in [0.25, 0.3) is 0 Å². The molecule has 0 aromatic carbocycles. The van der Waals surface area contributed by atoms with Crippen molar-refractivity contribution in [2.24, 2.45) is 0 Å². The third-order valence-electron chi connectivity index (χ3n) is 2.76. The van der Waals surface area contributed by atoms with Crippen LogP contribution in [-0.4, -0.2) is 27.8 Å². The van der Waals surface area contributed by atoms with E-state index in [2.05, 4.69) is 9.36 Å². The molecule has 1 aliphatic rings. The summed E-state index contributed by atoms with van der Waals surface area (Å²) < 4.78 is 40.5. The van der Waals surface area contributed by atoms with Gasteiger partial charge >= 0.3 is 6.18 Å². The van der Waals surface area contributed by atoms with E-state index in [4.69, 9.17) is 11.6 Å². The van der Waals surface area contributed by atoms with E-state index < -0.39 is 12.0 Å². The van der Waals surface area contributed by atoms with Gasteiger partial charge in [0, 0.05) is 30.0 Å². The van der Waals surface area contributed by atoms with Crippen LogP contribution in [0.4, 0.5) is 18.3 Å². The smallest absolute Gasteiger partial charge is 0.343 e. The maximum absolute atomic E-state index is 12.4. The first-order chi connectivity index (χ1) is 8.02. The molecule has 1 aliphatic carbocycles. The van der Waals surface area contributed by atoms with Gasteiger partial charge in [-0.05, 0) is 19.3 Å². The number of halogens is 4. The van der Waals surface area contributed by atoms with Crippen molar-refractivity contribution in [3.05, 3.63) is 5.82 Å². The van der Waals surface area contributed by atoms with Crippen LogP contribution in [0.3, 0.4) is 0 Å². The fourth-order valence-corrected chi connectivity index (χ4v) is 2.64. The second-order valence-corrected chi connectivity index (χ2v) is 4.97. The minimum Gasteiger partial charge on any atom is -0.343 e. The number of rotatable bonds is 4. The standard InChI is InChI=1S/C9H11ClF3N3S/c10-4-5-16(6-2-1-3-6)8-14-7(15-17-8)9(11,12)13/h6H,1-5H2. The van der Waals surface area contributed by atoms with Gasteiger partial charge in [0.2, 0.25) is 11.0 Å². The molecule has 1 aromatic heterocycles. The molecular weight excluding hydrogens is 275 g/mol. The summed E-state index contributed by atoms with van der Waals surface area (Å²) >= 11 is 6.45. The number of nitrogens with zero attached hydrogens (tertiary/aromatic N) is 3. The Morgan fingerprint density at radius 1 is 1.41 bits per heavy atom. The Labute approximate surface area is 106 Å². The molecule has 3 nitrogen and oxygen atoms in total. The summed E-state index contributed by atoms with van der Waals surface area (Å²) in [6.45, 7) is 0.513. The quantitative estimate of drug-likeness (QED) is 0.796. The highest BCUT2D eigenvalue weighted by atomic mass is 35.5. The summed E-state index contributed by atoms with van der Waals surface area (Å²) in [6, 6.07) is 0.266. The minimum absolute atomic E-state index is 0.266. The maximum atomic E-state index is 12.4. The Morgan fingerprint density at radius 3 is 2.53 bits per heavy atom. The number of alkyl halides is 4. The predicted molar refractivity (Wildman–Crippen MR) is 60.6 cm³/mol. The van der Waals surface area contributed by atoms with Crippen LogP contribution in [0.15, 0.2) is 0 Å². The van der Waals surface area contributed by atoms with Gasteiger partial charge in [0.05, 0.1) is 0 Å². The van der Waals surface area contributed by atoms with Gasteiger partial charge in [-0.25, -0.2) is 0 Å².